The number of nitrogen functional groups attached to an aromatic ring is 1. The van der Waals surface area contributed by atoms with Crippen molar-refractivity contribution in [2.75, 3.05) is 18.8 Å². The number of aromatic nitrogens is 3. The lowest BCUT2D eigenvalue weighted by Crippen LogP contribution is -2.26. The van der Waals surface area contributed by atoms with Gasteiger partial charge in [-0.3, -0.25) is 0 Å². The van der Waals surface area contributed by atoms with Crippen molar-refractivity contribution in [3.05, 3.63) is 24.2 Å². The monoisotopic (exact) mass is 247 g/mol. The van der Waals surface area contributed by atoms with Gasteiger partial charge in [-0.1, -0.05) is 0 Å². The number of likely N-dealkylation sites (tertiary alicyclic amines) is 1. The molecule has 1 amide bonds. The highest BCUT2D eigenvalue weighted by molar-refractivity contribution is 5.67. The fraction of sp³-hybridized carbons (Fsp3) is 0.364. The average molecular weight is 247 g/mol. The second-order valence-corrected chi connectivity index (χ2v) is 4.41. The Hall–Kier alpha value is -2.31. The number of hydrogen-bond acceptors (Lipinski definition) is 4. The van der Waals surface area contributed by atoms with Crippen LogP contribution in [0.25, 0.3) is 5.52 Å². The summed E-state index contributed by atoms with van der Waals surface area (Å²) < 4.78 is 1.75. The van der Waals surface area contributed by atoms with Crippen molar-refractivity contribution in [1.82, 2.24) is 19.5 Å². The zero-order valence-electron chi connectivity index (χ0n) is 9.65. The second kappa shape index (κ2) is 3.86. The standard InChI is InChI=1S/C11H13N5O2/c12-10-9-2-1-8(16(9)14-6-13-10)7-3-4-15(5-7)11(17)18/h1-2,6-7H,3-5H2,(H,17,18)(H2,12,13,14). The summed E-state index contributed by atoms with van der Waals surface area (Å²) in [7, 11) is 0. The quantitative estimate of drug-likeness (QED) is 0.776. The molecule has 1 aliphatic rings. The molecule has 94 valence electrons. The number of nitrogens with two attached hydrogens (primary N) is 1. The maximum atomic E-state index is 10.9. The normalized spacial score (nSPS) is 19.6. The van der Waals surface area contributed by atoms with E-state index in [1.807, 2.05) is 12.1 Å². The van der Waals surface area contributed by atoms with Gasteiger partial charge in [-0.15, -0.1) is 0 Å². The van der Waals surface area contributed by atoms with Crippen molar-refractivity contribution in [2.24, 2.45) is 0 Å². The largest absolute Gasteiger partial charge is 0.465 e. The fourth-order valence-corrected chi connectivity index (χ4v) is 2.46. The highest BCUT2D eigenvalue weighted by atomic mass is 16.4. The highest BCUT2D eigenvalue weighted by Gasteiger charge is 2.29. The van der Waals surface area contributed by atoms with Crippen molar-refractivity contribution in [2.45, 2.75) is 12.3 Å². The molecule has 0 radical (unpaired) electrons. The Morgan fingerprint density at radius 2 is 2.33 bits per heavy atom. The molecular formula is C11H13N5O2. The van der Waals surface area contributed by atoms with Crippen molar-refractivity contribution in [1.29, 1.82) is 0 Å². The van der Waals surface area contributed by atoms with Crippen LogP contribution in [0.15, 0.2) is 18.5 Å². The predicted octanol–water partition coefficient (Wildman–Crippen LogP) is 0.779. The molecule has 3 heterocycles. The van der Waals surface area contributed by atoms with E-state index in [9.17, 15) is 4.79 Å². The molecule has 0 spiro atoms. The molecule has 0 aromatic carbocycles. The summed E-state index contributed by atoms with van der Waals surface area (Å²) in [6.45, 7) is 1.07. The highest BCUT2D eigenvalue weighted by Crippen LogP contribution is 2.28. The molecule has 18 heavy (non-hydrogen) atoms. The van der Waals surface area contributed by atoms with Gasteiger partial charge in [-0.25, -0.2) is 14.3 Å². The van der Waals surface area contributed by atoms with Gasteiger partial charge in [0.15, 0.2) is 5.82 Å². The van der Waals surface area contributed by atoms with Gasteiger partial charge < -0.3 is 15.7 Å². The molecule has 3 N–H and O–H groups in total. The van der Waals surface area contributed by atoms with Crippen LogP contribution in [0.4, 0.5) is 10.6 Å². The van der Waals surface area contributed by atoms with Gasteiger partial charge in [0.25, 0.3) is 0 Å². The molecule has 1 unspecified atom stereocenters. The Balaban J connectivity index is 1.96. The SMILES string of the molecule is Nc1ncnn2c(C3CCN(C(=O)O)C3)ccc12. The van der Waals surface area contributed by atoms with Crippen LogP contribution in [0.3, 0.4) is 0 Å². The lowest BCUT2D eigenvalue weighted by Gasteiger charge is -2.12. The van der Waals surface area contributed by atoms with Crippen LogP contribution in [0.5, 0.6) is 0 Å². The van der Waals surface area contributed by atoms with E-state index in [4.69, 9.17) is 10.8 Å². The van der Waals surface area contributed by atoms with Crippen molar-refractivity contribution >= 4 is 17.4 Å². The number of rotatable bonds is 1. The first-order valence-electron chi connectivity index (χ1n) is 5.73. The van der Waals surface area contributed by atoms with Gasteiger partial charge in [0.2, 0.25) is 0 Å². The molecule has 1 saturated heterocycles. The minimum Gasteiger partial charge on any atom is -0.465 e. The van der Waals surface area contributed by atoms with Gasteiger partial charge in [0.05, 0.1) is 0 Å². The van der Waals surface area contributed by atoms with Crippen LogP contribution < -0.4 is 5.73 Å². The minimum absolute atomic E-state index is 0.165. The summed E-state index contributed by atoms with van der Waals surface area (Å²) in [4.78, 5) is 16.3. The molecule has 1 fully saturated rings. The number of hydrogen-bond donors (Lipinski definition) is 2. The maximum Gasteiger partial charge on any atom is 0.407 e. The van der Waals surface area contributed by atoms with Crippen LogP contribution in [-0.4, -0.2) is 43.8 Å². The van der Waals surface area contributed by atoms with Gasteiger partial charge >= 0.3 is 6.09 Å². The van der Waals surface area contributed by atoms with E-state index in [2.05, 4.69) is 10.1 Å². The van der Waals surface area contributed by atoms with E-state index in [-0.39, 0.29) is 5.92 Å². The Morgan fingerprint density at radius 3 is 3.06 bits per heavy atom. The maximum absolute atomic E-state index is 10.9. The minimum atomic E-state index is -0.868. The Kier molecular flexibility index (Phi) is 2.32. The van der Waals surface area contributed by atoms with Gasteiger partial charge in [-0.05, 0) is 18.6 Å². The molecule has 0 saturated carbocycles. The van der Waals surface area contributed by atoms with Crippen molar-refractivity contribution in [3.63, 3.8) is 0 Å². The molecule has 7 nitrogen and oxygen atoms in total. The third-order valence-electron chi connectivity index (χ3n) is 3.39. The number of carbonyl (C=O) groups is 1. The Labute approximate surface area is 103 Å². The number of carboxylic acid groups (broad SMARTS) is 1. The van der Waals surface area contributed by atoms with Crippen LogP contribution in [0.2, 0.25) is 0 Å². The number of anilines is 1. The molecule has 1 aliphatic heterocycles. The molecule has 2 aromatic heterocycles. The predicted molar refractivity (Wildman–Crippen MR) is 64.4 cm³/mol. The van der Waals surface area contributed by atoms with E-state index in [0.29, 0.717) is 18.9 Å². The topological polar surface area (TPSA) is 96.8 Å². The molecule has 7 heteroatoms. The van der Waals surface area contributed by atoms with E-state index < -0.39 is 6.09 Å². The van der Waals surface area contributed by atoms with Crippen LogP contribution in [0, 0.1) is 0 Å². The first-order chi connectivity index (χ1) is 8.66. The fourth-order valence-electron chi connectivity index (χ4n) is 2.46. The summed E-state index contributed by atoms with van der Waals surface area (Å²) in [5.74, 6) is 0.599. The van der Waals surface area contributed by atoms with Crippen LogP contribution in [0.1, 0.15) is 18.0 Å². The van der Waals surface area contributed by atoms with E-state index in [0.717, 1.165) is 17.6 Å². The molecule has 3 rings (SSSR count). The Bertz CT molecular complexity index is 608. The molecule has 0 bridgehead atoms. The summed E-state index contributed by atoms with van der Waals surface area (Å²) in [5.41, 5.74) is 7.52. The smallest absolute Gasteiger partial charge is 0.407 e. The van der Waals surface area contributed by atoms with Gasteiger partial charge in [-0.2, -0.15) is 5.10 Å². The van der Waals surface area contributed by atoms with E-state index in [1.54, 1.807) is 4.52 Å². The third-order valence-corrected chi connectivity index (χ3v) is 3.39. The van der Waals surface area contributed by atoms with E-state index >= 15 is 0 Å². The lowest BCUT2D eigenvalue weighted by molar-refractivity contribution is 0.155. The van der Waals surface area contributed by atoms with Gasteiger partial charge in [0, 0.05) is 24.7 Å². The van der Waals surface area contributed by atoms with Crippen LogP contribution >= 0.6 is 0 Å². The van der Waals surface area contributed by atoms with Crippen LogP contribution in [-0.2, 0) is 0 Å². The zero-order valence-corrected chi connectivity index (χ0v) is 9.65. The third kappa shape index (κ3) is 1.55. The summed E-state index contributed by atoms with van der Waals surface area (Å²) in [5, 5.41) is 13.1. The summed E-state index contributed by atoms with van der Waals surface area (Å²) >= 11 is 0. The van der Waals surface area contributed by atoms with Crippen molar-refractivity contribution < 1.29 is 9.90 Å². The van der Waals surface area contributed by atoms with Crippen molar-refractivity contribution in [3.8, 4) is 0 Å². The lowest BCUT2D eigenvalue weighted by atomic mass is 10.1. The number of nitrogens with zero attached hydrogens (tertiary/aromatic N) is 4. The Morgan fingerprint density at radius 1 is 1.50 bits per heavy atom. The molecule has 0 aliphatic carbocycles. The second-order valence-electron chi connectivity index (χ2n) is 4.41. The average Bonchev–Trinajstić information content (AvgIpc) is 2.94. The molecule has 1 atom stereocenters. The van der Waals surface area contributed by atoms with E-state index in [1.165, 1.54) is 11.2 Å². The number of fused-ring (bicyclic) bond motifs is 1. The number of amides is 1. The molecule has 2 aromatic rings. The zero-order chi connectivity index (χ0) is 12.7. The first-order valence-corrected chi connectivity index (χ1v) is 5.73. The summed E-state index contributed by atoms with van der Waals surface area (Å²) in [6.07, 6.45) is 1.35. The van der Waals surface area contributed by atoms with Gasteiger partial charge in [0.1, 0.15) is 11.8 Å². The molecular weight excluding hydrogens is 234 g/mol. The first kappa shape index (κ1) is 10.8. The summed E-state index contributed by atoms with van der Waals surface area (Å²) in [6, 6.07) is 3.81.